The molecule has 0 aromatic carbocycles. The number of ether oxygens (including phenoxy) is 2. The minimum atomic E-state index is -1.16. The molecule has 0 aliphatic carbocycles. The van der Waals surface area contributed by atoms with Gasteiger partial charge in [-0.2, -0.15) is 0 Å². The molecule has 0 saturated heterocycles. The summed E-state index contributed by atoms with van der Waals surface area (Å²) < 4.78 is 11.7. The summed E-state index contributed by atoms with van der Waals surface area (Å²) in [5.74, 6) is -5.30. The third-order valence-electron chi connectivity index (χ3n) is 11.6. The van der Waals surface area contributed by atoms with E-state index in [0.717, 1.165) is 6.42 Å². The molecule has 0 aromatic heterocycles. The molecule has 60 heavy (non-hydrogen) atoms. The highest BCUT2D eigenvalue weighted by Crippen LogP contribution is 2.25. The summed E-state index contributed by atoms with van der Waals surface area (Å²) in [6.45, 7) is 24.8. The lowest BCUT2D eigenvalue weighted by atomic mass is 9.90. The van der Waals surface area contributed by atoms with Gasteiger partial charge in [-0.15, -0.1) is 0 Å². The second-order valence-electron chi connectivity index (χ2n) is 17.1. The van der Waals surface area contributed by atoms with Gasteiger partial charge in [0.1, 0.15) is 24.2 Å². The standard InChI is InChI=1S/C45H79N5O10/c1-18-21-29(10)38(32(13)34(51)23-22-30(11)44(57)60-39(28(9)20-3)41(54)48-36(25(4)5)40(53)46-15)59-45(58)33(14)50(17)43(56)37(26(6)7)47-35(52)24-49(16)42(55)31(12)27(8)19-2/h21-22,25-28,31-34,36-39,51H,18-20,23-24H2,1-17H3,(H,46,53)(H,47,52)(H,48,54)/b29-21+,30-22+/t27?,28?,31?,32?,33?,34-,36?,37?,38+,39+/m0/s1. The number of aliphatic hydroxyl groups is 1. The Hall–Kier alpha value is -4.27. The molecule has 0 aliphatic heterocycles. The van der Waals surface area contributed by atoms with E-state index in [4.69, 9.17) is 9.47 Å². The van der Waals surface area contributed by atoms with E-state index in [9.17, 15) is 38.7 Å². The Morgan fingerprint density at radius 1 is 0.700 bits per heavy atom. The van der Waals surface area contributed by atoms with Crippen molar-refractivity contribution in [3.63, 3.8) is 0 Å². The normalized spacial score (nSPS) is 17.1. The van der Waals surface area contributed by atoms with E-state index >= 15 is 0 Å². The van der Waals surface area contributed by atoms with Crippen molar-refractivity contribution in [1.82, 2.24) is 25.8 Å². The first-order valence-corrected chi connectivity index (χ1v) is 21.6. The molecular formula is C45H79N5O10. The molecule has 5 amide bonds. The van der Waals surface area contributed by atoms with Crippen molar-refractivity contribution >= 4 is 41.5 Å². The molecule has 15 nitrogen and oxygen atoms in total. The Balaban J connectivity index is 5.99. The van der Waals surface area contributed by atoms with Crippen LogP contribution in [0.1, 0.15) is 123 Å². The summed E-state index contributed by atoms with van der Waals surface area (Å²) in [6.07, 6.45) is 2.20. The Labute approximate surface area is 360 Å². The first-order chi connectivity index (χ1) is 27.8. The van der Waals surface area contributed by atoms with Crippen LogP contribution in [0.3, 0.4) is 0 Å². The SMILES string of the molecule is CC/C=C(\C)[C@@H](OC(=O)C(C)N(C)C(=O)C(NC(=O)CN(C)C(=O)C(C)C(C)CC)C(C)C)C(C)[C@@H](O)C/C=C(\C)C(=O)O[C@@H](C(=O)NC(C(=O)NC)C(C)C)C(C)CC. The maximum absolute atomic E-state index is 13.8. The van der Waals surface area contributed by atoms with Crippen molar-refractivity contribution in [2.24, 2.45) is 35.5 Å². The molecule has 0 bridgehead atoms. The second-order valence-corrected chi connectivity index (χ2v) is 17.1. The van der Waals surface area contributed by atoms with Crippen LogP contribution in [-0.2, 0) is 43.0 Å². The van der Waals surface area contributed by atoms with Crippen LogP contribution in [0.15, 0.2) is 23.3 Å². The average Bonchev–Trinajstić information content (AvgIpc) is 3.21. The third-order valence-corrected chi connectivity index (χ3v) is 11.6. The van der Waals surface area contributed by atoms with Crippen molar-refractivity contribution < 1.29 is 48.1 Å². The number of allylic oxidation sites excluding steroid dienone is 1. The summed E-state index contributed by atoms with van der Waals surface area (Å²) in [5.41, 5.74) is 0.842. The molecule has 0 aromatic rings. The zero-order chi connectivity index (χ0) is 46.8. The predicted octanol–water partition coefficient (Wildman–Crippen LogP) is 4.56. The molecular weight excluding hydrogens is 771 g/mol. The number of nitrogens with zero attached hydrogens (tertiary/aromatic N) is 2. The largest absolute Gasteiger partial charge is 0.456 e. The smallest absolute Gasteiger partial charge is 0.334 e. The van der Waals surface area contributed by atoms with E-state index in [1.54, 1.807) is 55.5 Å². The number of likely N-dealkylation sites (N-methyl/N-ethyl adjacent to an activating group) is 3. The summed E-state index contributed by atoms with van der Waals surface area (Å²) in [6, 6.07) is -2.87. The van der Waals surface area contributed by atoms with E-state index in [0.29, 0.717) is 18.4 Å². The van der Waals surface area contributed by atoms with Crippen LogP contribution in [0.4, 0.5) is 0 Å². The Kier molecular flexibility index (Phi) is 24.9. The Morgan fingerprint density at radius 3 is 1.73 bits per heavy atom. The van der Waals surface area contributed by atoms with E-state index in [1.807, 2.05) is 40.7 Å². The zero-order valence-electron chi connectivity index (χ0n) is 39.6. The van der Waals surface area contributed by atoms with E-state index in [1.165, 1.54) is 43.8 Å². The van der Waals surface area contributed by atoms with Gasteiger partial charge in [-0.25, -0.2) is 9.59 Å². The number of esters is 2. The van der Waals surface area contributed by atoms with Gasteiger partial charge in [-0.05, 0) is 63.4 Å². The van der Waals surface area contributed by atoms with Gasteiger partial charge >= 0.3 is 11.9 Å². The van der Waals surface area contributed by atoms with Gasteiger partial charge in [0.15, 0.2) is 6.10 Å². The first-order valence-electron chi connectivity index (χ1n) is 21.6. The number of carbonyl (C=O) groups is 7. The van der Waals surface area contributed by atoms with E-state index in [2.05, 4.69) is 16.0 Å². The lowest BCUT2D eigenvalue weighted by molar-refractivity contribution is -0.160. The highest BCUT2D eigenvalue weighted by molar-refractivity contribution is 5.94. The van der Waals surface area contributed by atoms with Crippen LogP contribution in [0, 0.1) is 35.5 Å². The van der Waals surface area contributed by atoms with Crippen molar-refractivity contribution in [3.05, 3.63) is 23.3 Å². The van der Waals surface area contributed by atoms with Gasteiger partial charge in [0, 0.05) is 44.5 Å². The fraction of sp³-hybridized carbons (Fsp3) is 0.756. The minimum Gasteiger partial charge on any atom is -0.456 e. The van der Waals surface area contributed by atoms with E-state index in [-0.39, 0.29) is 59.9 Å². The number of amides is 5. The highest BCUT2D eigenvalue weighted by Gasteiger charge is 2.37. The Bertz CT molecular complexity index is 1510. The number of rotatable bonds is 25. The maximum atomic E-state index is 13.8. The van der Waals surface area contributed by atoms with Gasteiger partial charge in [-0.3, -0.25) is 24.0 Å². The fourth-order valence-corrected chi connectivity index (χ4v) is 6.39. The predicted molar refractivity (Wildman–Crippen MR) is 233 cm³/mol. The van der Waals surface area contributed by atoms with Gasteiger partial charge in [0.05, 0.1) is 12.6 Å². The highest BCUT2D eigenvalue weighted by atomic mass is 16.6. The molecule has 0 radical (unpaired) electrons. The van der Waals surface area contributed by atoms with E-state index < -0.39 is 72.0 Å². The number of hydrogen-bond acceptors (Lipinski definition) is 10. The lowest BCUT2D eigenvalue weighted by Gasteiger charge is -2.33. The number of hydrogen-bond donors (Lipinski definition) is 4. The van der Waals surface area contributed by atoms with Crippen LogP contribution in [0.2, 0.25) is 0 Å². The number of aliphatic hydroxyl groups excluding tert-OH is 1. The minimum absolute atomic E-state index is 0.0110. The van der Waals surface area contributed by atoms with Crippen molar-refractivity contribution in [2.45, 2.75) is 159 Å². The van der Waals surface area contributed by atoms with Crippen LogP contribution in [0.25, 0.3) is 0 Å². The lowest BCUT2D eigenvalue weighted by Crippen LogP contribution is -2.55. The first kappa shape index (κ1) is 55.7. The fourth-order valence-electron chi connectivity index (χ4n) is 6.39. The third kappa shape index (κ3) is 17.0. The van der Waals surface area contributed by atoms with Gasteiger partial charge in [0.2, 0.25) is 23.6 Å². The molecule has 0 saturated carbocycles. The van der Waals surface area contributed by atoms with Crippen LogP contribution >= 0.6 is 0 Å². The molecule has 0 aliphatic rings. The van der Waals surface area contributed by atoms with Gasteiger partial charge in [-0.1, -0.05) is 94.7 Å². The number of carbonyl (C=O) groups excluding carboxylic acids is 7. The molecule has 4 N–H and O–H groups in total. The average molecular weight is 850 g/mol. The monoisotopic (exact) mass is 850 g/mol. The van der Waals surface area contributed by atoms with Crippen molar-refractivity contribution in [2.75, 3.05) is 27.7 Å². The van der Waals surface area contributed by atoms with Crippen molar-refractivity contribution in [3.8, 4) is 0 Å². The summed E-state index contributed by atoms with van der Waals surface area (Å²) in [5, 5.41) is 19.3. The van der Waals surface area contributed by atoms with Crippen LogP contribution in [0.5, 0.6) is 0 Å². The zero-order valence-corrected chi connectivity index (χ0v) is 39.6. The van der Waals surface area contributed by atoms with Crippen molar-refractivity contribution in [1.29, 1.82) is 0 Å². The topological polar surface area (TPSA) is 201 Å². The molecule has 0 spiro atoms. The summed E-state index contributed by atoms with van der Waals surface area (Å²) in [4.78, 5) is 94.8. The molecule has 15 heteroatoms. The molecule has 0 rings (SSSR count). The molecule has 7 unspecified atom stereocenters. The molecule has 344 valence electrons. The summed E-state index contributed by atoms with van der Waals surface area (Å²) >= 11 is 0. The molecule has 0 heterocycles. The molecule has 0 fully saturated rings. The van der Waals surface area contributed by atoms with Gasteiger partial charge < -0.3 is 40.3 Å². The summed E-state index contributed by atoms with van der Waals surface area (Å²) in [7, 11) is 4.48. The molecule has 10 atom stereocenters. The van der Waals surface area contributed by atoms with Crippen LogP contribution < -0.4 is 16.0 Å². The second kappa shape index (κ2) is 26.8. The quantitative estimate of drug-likeness (QED) is 0.0574. The Morgan fingerprint density at radius 2 is 1.25 bits per heavy atom. The van der Waals surface area contributed by atoms with Gasteiger partial charge in [0.25, 0.3) is 5.91 Å². The maximum Gasteiger partial charge on any atom is 0.334 e. The van der Waals surface area contributed by atoms with Crippen LogP contribution in [-0.4, -0.2) is 121 Å². The number of nitrogens with one attached hydrogen (secondary N) is 3.